The van der Waals surface area contributed by atoms with Gasteiger partial charge in [0.1, 0.15) is 5.54 Å². The van der Waals surface area contributed by atoms with E-state index in [1.54, 1.807) is 18.7 Å². The second-order valence-electron chi connectivity index (χ2n) is 3.96. The third-order valence-corrected chi connectivity index (χ3v) is 3.57. The van der Waals surface area contributed by atoms with Gasteiger partial charge in [-0.2, -0.15) is 0 Å². The van der Waals surface area contributed by atoms with E-state index in [-0.39, 0.29) is 5.97 Å². The molecule has 1 aromatic rings. The van der Waals surface area contributed by atoms with Crippen LogP contribution in [0.15, 0.2) is 29.2 Å². The average molecular weight is 274 g/mol. The predicted molar refractivity (Wildman–Crippen MR) is 71.4 cm³/mol. The van der Waals surface area contributed by atoms with E-state index in [0.29, 0.717) is 11.4 Å². The Morgan fingerprint density at radius 3 is 2.88 bits per heavy atom. The van der Waals surface area contributed by atoms with E-state index in [2.05, 4.69) is 4.74 Å². The summed E-state index contributed by atoms with van der Waals surface area (Å²) in [6.45, 7) is 1.68. The molecule has 1 rings (SSSR count). The first-order valence-electron chi connectivity index (χ1n) is 5.21. The van der Waals surface area contributed by atoms with Crippen molar-refractivity contribution >= 4 is 29.3 Å². The van der Waals surface area contributed by atoms with Gasteiger partial charge in [0.2, 0.25) is 0 Å². The van der Waals surface area contributed by atoms with Crippen molar-refractivity contribution < 1.29 is 9.53 Å². The van der Waals surface area contributed by atoms with Crippen LogP contribution in [0.4, 0.5) is 0 Å². The van der Waals surface area contributed by atoms with Gasteiger partial charge in [-0.05, 0) is 31.5 Å². The molecule has 0 bridgehead atoms. The molecule has 5 heteroatoms. The third kappa shape index (κ3) is 4.58. The van der Waals surface area contributed by atoms with Crippen LogP contribution in [0.1, 0.15) is 13.3 Å². The summed E-state index contributed by atoms with van der Waals surface area (Å²) in [4.78, 5) is 12.4. The summed E-state index contributed by atoms with van der Waals surface area (Å²) < 4.78 is 4.64. The molecule has 0 heterocycles. The van der Waals surface area contributed by atoms with Crippen molar-refractivity contribution in [2.24, 2.45) is 5.73 Å². The number of thioether (sulfide) groups is 1. The van der Waals surface area contributed by atoms with Crippen LogP contribution in [0.2, 0.25) is 5.02 Å². The number of ether oxygens (including phenoxy) is 1. The zero-order valence-corrected chi connectivity index (χ0v) is 11.5. The lowest BCUT2D eigenvalue weighted by molar-refractivity contribution is -0.146. The fourth-order valence-corrected chi connectivity index (χ4v) is 2.67. The Balaban J connectivity index is 2.45. The maximum absolute atomic E-state index is 11.4. The minimum absolute atomic E-state index is 0.385. The molecule has 0 aliphatic carbocycles. The van der Waals surface area contributed by atoms with Gasteiger partial charge in [0.05, 0.1) is 7.11 Å². The maximum Gasteiger partial charge on any atom is 0.325 e. The molecule has 0 saturated heterocycles. The molecule has 0 spiro atoms. The van der Waals surface area contributed by atoms with E-state index in [1.165, 1.54) is 7.11 Å². The van der Waals surface area contributed by atoms with Gasteiger partial charge < -0.3 is 10.5 Å². The highest BCUT2D eigenvalue weighted by molar-refractivity contribution is 7.99. The topological polar surface area (TPSA) is 52.3 Å². The van der Waals surface area contributed by atoms with Crippen molar-refractivity contribution in [2.45, 2.75) is 23.8 Å². The molecule has 0 radical (unpaired) electrons. The molecule has 0 aromatic heterocycles. The third-order valence-electron chi connectivity index (χ3n) is 2.34. The molecule has 1 aromatic carbocycles. The SMILES string of the molecule is COC(=O)C(C)(N)CCSc1cccc(Cl)c1. The van der Waals surface area contributed by atoms with E-state index in [9.17, 15) is 4.79 Å². The lowest BCUT2D eigenvalue weighted by Gasteiger charge is -2.20. The van der Waals surface area contributed by atoms with Crippen molar-refractivity contribution in [1.29, 1.82) is 0 Å². The molecular weight excluding hydrogens is 258 g/mol. The summed E-state index contributed by atoms with van der Waals surface area (Å²) in [6, 6.07) is 7.58. The minimum Gasteiger partial charge on any atom is -0.468 e. The Hall–Kier alpha value is -0.710. The van der Waals surface area contributed by atoms with Gasteiger partial charge in [0.15, 0.2) is 0 Å². The second-order valence-corrected chi connectivity index (χ2v) is 5.57. The van der Waals surface area contributed by atoms with Gasteiger partial charge in [-0.25, -0.2) is 0 Å². The number of carbonyl (C=O) groups is 1. The highest BCUT2D eigenvalue weighted by Gasteiger charge is 2.28. The molecule has 17 heavy (non-hydrogen) atoms. The number of methoxy groups -OCH3 is 1. The number of benzene rings is 1. The zero-order valence-electron chi connectivity index (χ0n) is 9.90. The van der Waals surface area contributed by atoms with E-state index in [0.717, 1.165) is 10.6 Å². The first-order valence-corrected chi connectivity index (χ1v) is 6.58. The standard InChI is InChI=1S/C12H16ClNO2S/c1-12(14,11(15)16-2)6-7-17-10-5-3-4-9(13)8-10/h3-5,8H,6-7,14H2,1-2H3. The van der Waals surface area contributed by atoms with Crippen LogP contribution in [-0.4, -0.2) is 24.4 Å². The van der Waals surface area contributed by atoms with Gasteiger partial charge in [-0.1, -0.05) is 17.7 Å². The highest BCUT2D eigenvalue weighted by Crippen LogP contribution is 2.24. The van der Waals surface area contributed by atoms with Crippen LogP contribution < -0.4 is 5.73 Å². The largest absolute Gasteiger partial charge is 0.468 e. The van der Waals surface area contributed by atoms with Gasteiger partial charge in [0.25, 0.3) is 0 Å². The zero-order chi connectivity index (χ0) is 12.9. The number of hydrogen-bond acceptors (Lipinski definition) is 4. The lowest BCUT2D eigenvalue weighted by atomic mass is 10.0. The maximum atomic E-state index is 11.4. The summed E-state index contributed by atoms with van der Waals surface area (Å²) in [5, 5.41) is 0.707. The van der Waals surface area contributed by atoms with E-state index in [1.807, 2.05) is 24.3 Å². The van der Waals surface area contributed by atoms with Crippen LogP contribution in [0, 0.1) is 0 Å². The molecule has 0 saturated carbocycles. The van der Waals surface area contributed by atoms with Gasteiger partial charge in [-0.15, -0.1) is 11.8 Å². The normalized spacial score (nSPS) is 14.1. The molecule has 0 amide bonds. The lowest BCUT2D eigenvalue weighted by Crippen LogP contribution is -2.46. The minimum atomic E-state index is -0.930. The fourth-order valence-electron chi connectivity index (χ4n) is 1.27. The molecule has 1 unspecified atom stereocenters. The van der Waals surface area contributed by atoms with Crippen LogP contribution in [0.3, 0.4) is 0 Å². The summed E-state index contributed by atoms with van der Waals surface area (Å²) >= 11 is 7.49. The van der Waals surface area contributed by atoms with Crippen molar-refractivity contribution in [3.05, 3.63) is 29.3 Å². The summed E-state index contributed by atoms with van der Waals surface area (Å²) in [5.74, 6) is 0.354. The van der Waals surface area contributed by atoms with Gasteiger partial charge >= 0.3 is 5.97 Å². The van der Waals surface area contributed by atoms with Crippen LogP contribution >= 0.6 is 23.4 Å². The molecular formula is C12H16ClNO2S. The molecule has 0 aliphatic heterocycles. The van der Waals surface area contributed by atoms with Crippen molar-refractivity contribution in [3.63, 3.8) is 0 Å². The molecule has 0 fully saturated rings. The molecule has 0 aliphatic rings. The first kappa shape index (κ1) is 14.4. The van der Waals surface area contributed by atoms with E-state index >= 15 is 0 Å². The highest BCUT2D eigenvalue weighted by atomic mass is 35.5. The number of rotatable bonds is 5. The van der Waals surface area contributed by atoms with Crippen LogP contribution in [0.25, 0.3) is 0 Å². The van der Waals surface area contributed by atoms with Crippen molar-refractivity contribution in [2.75, 3.05) is 12.9 Å². The van der Waals surface area contributed by atoms with Crippen LogP contribution in [-0.2, 0) is 9.53 Å². The van der Waals surface area contributed by atoms with Crippen LogP contribution in [0.5, 0.6) is 0 Å². The second kappa shape index (κ2) is 6.28. The van der Waals surface area contributed by atoms with Crippen molar-refractivity contribution in [1.82, 2.24) is 0 Å². The first-order chi connectivity index (χ1) is 7.95. The van der Waals surface area contributed by atoms with Crippen molar-refractivity contribution in [3.8, 4) is 0 Å². The molecule has 2 N–H and O–H groups in total. The van der Waals surface area contributed by atoms with E-state index < -0.39 is 5.54 Å². The van der Waals surface area contributed by atoms with E-state index in [4.69, 9.17) is 17.3 Å². The fraction of sp³-hybridized carbons (Fsp3) is 0.417. The molecule has 1 atom stereocenters. The van der Waals surface area contributed by atoms with Gasteiger partial charge in [-0.3, -0.25) is 4.79 Å². The Kier molecular flexibility index (Phi) is 5.31. The average Bonchev–Trinajstić information content (AvgIpc) is 2.27. The summed E-state index contributed by atoms with van der Waals surface area (Å²) in [6.07, 6.45) is 0.552. The summed E-state index contributed by atoms with van der Waals surface area (Å²) in [7, 11) is 1.34. The number of carbonyl (C=O) groups excluding carboxylic acids is 1. The summed E-state index contributed by atoms with van der Waals surface area (Å²) in [5.41, 5.74) is 4.92. The molecule has 3 nitrogen and oxygen atoms in total. The smallest absolute Gasteiger partial charge is 0.325 e. The number of halogens is 1. The number of hydrogen-bond donors (Lipinski definition) is 1. The predicted octanol–water partition coefficient (Wildman–Crippen LogP) is 2.71. The van der Waals surface area contributed by atoms with Gasteiger partial charge in [0, 0.05) is 15.7 Å². The Morgan fingerprint density at radius 1 is 1.59 bits per heavy atom. The molecule has 94 valence electrons. The Bertz CT molecular complexity index is 396. The quantitative estimate of drug-likeness (QED) is 0.662. The number of nitrogens with two attached hydrogens (primary N) is 1. The number of esters is 1. The Morgan fingerprint density at radius 2 is 2.29 bits per heavy atom. The monoisotopic (exact) mass is 273 g/mol. The Labute approximate surface area is 111 Å².